The topological polar surface area (TPSA) is 42.4 Å². The Labute approximate surface area is 104 Å². The number of hydrogen-bond donors (Lipinski definition) is 0. The molecular weight excluding hydrogens is 248 g/mol. The molecule has 0 aliphatic carbocycles. The van der Waals surface area contributed by atoms with Crippen LogP contribution in [0, 0.1) is 6.92 Å². The van der Waals surface area contributed by atoms with Crippen molar-refractivity contribution in [1.82, 2.24) is 9.88 Å². The molecule has 90 valence electrons. The third kappa shape index (κ3) is 3.73. The van der Waals surface area contributed by atoms with E-state index in [-0.39, 0.29) is 5.91 Å². The van der Waals surface area contributed by atoms with Gasteiger partial charge in [0.2, 0.25) is 0 Å². The minimum Gasteiger partial charge on any atom is -0.383 e. The van der Waals surface area contributed by atoms with Crippen LogP contribution in [0.25, 0.3) is 0 Å². The number of halogens is 1. The van der Waals surface area contributed by atoms with Gasteiger partial charge in [-0.05, 0) is 6.92 Å². The van der Waals surface area contributed by atoms with Gasteiger partial charge in [-0.2, -0.15) is 0 Å². The molecule has 1 aromatic heterocycles. The number of thiazole rings is 1. The molecule has 0 bridgehead atoms. The molecule has 1 heterocycles. The van der Waals surface area contributed by atoms with Crippen molar-refractivity contribution < 1.29 is 9.53 Å². The summed E-state index contributed by atoms with van der Waals surface area (Å²) in [6.45, 7) is 3.44. The number of aryl methyl sites for hydroxylation is 1. The van der Waals surface area contributed by atoms with Crippen molar-refractivity contribution in [2.24, 2.45) is 0 Å². The Morgan fingerprint density at radius 1 is 1.62 bits per heavy atom. The van der Waals surface area contributed by atoms with Gasteiger partial charge in [-0.25, -0.2) is 4.98 Å². The standard InChI is InChI=1S/C10H15ClN2O2S/c1-8-12-9(7-16-8)10(14)13(4-3-11)5-6-15-2/h7H,3-6H2,1-2H3. The number of hydrogen-bond acceptors (Lipinski definition) is 4. The highest BCUT2D eigenvalue weighted by Gasteiger charge is 2.17. The molecule has 0 aliphatic rings. The van der Waals surface area contributed by atoms with Crippen LogP contribution < -0.4 is 0 Å². The maximum atomic E-state index is 12.0. The monoisotopic (exact) mass is 262 g/mol. The molecule has 16 heavy (non-hydrogen) atoms. The molecule has 1 aromatic rings. The smallest absolute Gasteiger partial charge is 0.273 e. The number of rotatable bonds is 6. The quantitative estimate of drug-likeness (QED) is 0.734. The van der Waals surface area contributed by atoms with E-state index in [2.05, 4.69) is 4.98 Å². The van der Waals surface area contributed by atoms with Gasteiger partial charge in [0.25, 0.3) is 5.91 Å². The zero-order chi connectivity index (χ0) is 12.0. The normalized spacial score (nSPS) is 10.4. The number of ether oxygens (including phenoxy) is 1. The Kier molecular flexibility index (Phi) is 5.73. The van der Waals surface area contributed by atoms with Crippen molar-refractivity contribution in [3.63, 3.8) is 0 Å². The zero-order valence-electron chi connectivity index (χ0n) is 9.40. The molecule has 0 radical (unpaired) electrons. The molecule has 0 aromatic carbocycles. The number of nitrogens with zero attached hydrogens (tertiary/aromatic N) is 2. The zero-order valence-corrected chi connectivity index (χ0v) is 11.0. The average Bonchev–Trinajstić information content (AvgIpc) is 2.70. The van der Waals surface area contributed by atoms with E-state index < -0.39 is 0 Å². The fourth-order valence-corrected chi connectivity index (χ4v) is 2.03. The summed E-state index contributed by atoms with van der Waals surface area (Å²) < 4.78 is 4.96. The minimum absolute atomic E-state index is 0.0814. The molecule has 0 unspecified atom stereocenters. The number of carbonyl (C=O) groups excluding carboxylic acids is 1. The third-order valence-electron chi connectivity index (χ3n) is 2.05. The lowest BCUT2D eigenvalue weighted by atomic mass is 10.4. The number of aromatic nitrogens is 1. The molecule has 0 aliphatic heterocycles. The first-order valence-electron chi connectivity index (χ1n) is 4.95. The van der Waals surface area contributed by atoms with Crippen molar-refractivity contribution in [3.05, 3.63) is 16.1 Å². The summed E-state index contributed by atoms with van der Waals surface area (Å²) in [5.74, 6) is 0.334. The van der Waals surface area contributed by atoms with Crippen LogP contribution in [0.3, 0.4) is 0 Å². The Morgan fingerprint density at radius 3 is 2.88 bits per heavy atom. The Balaban J connectivity index is 2.66. The highest BCUT2D eigenvalue weighted by atomic mass is 35.5. The SMILES string of the molecule is COCCN(CCCl)C(=O)c1csc(C)n1. The summed E-state index contributed by atoms with van der Waals surface area (Å²) in [6.07, 6.45) is 0. The minimum atomic E-state index is -0.0814. The van der Waals surface area contributed by atoms with Crippen LogP contribution in [0.2, 0.25) is 0 Å². The van der Waals surface area contributed by atoms with E-state index in [4.69, 9.17) is 16.3 Å². The van der Waals surface area contributed by atoms with Gasteiger partial charge in [0.1, 0.15) is 5.69 Å². The maximum absolute atomic E-state index is 12.0. The number of carbonyl (C=O) groups is 1. The van der Waals surface area contributed by atoms with Gasteiger partial charge in [-0.1, -0.05) is 0 Å². The van der Waals surface area contributed by atoms with Crippen LogP contribution in [-0.4, -0.2) is 48.5 Å². The van der Waals surface area contributed by atoms with Crippen LogP contribution in [-0.2, 0) is 4.74 Å². The molecule has 1 rings (SSSR count). The summed E-state index contributed by atoms with van der Waals surface area (Å²) >= 11 is 7.13. The van der Waals surface area contributed by atoms with E-state index in [1.54, 1.807) is 17.4 Å². The van der Waals surface area contributed by atoms with Crippen LogP contribution in [0.1, 0.15) is 15.5 Å². The van der Waals surface area contributed by atoms with Crippen LogP contribution in [0.15, 0.2) is 5.38 Å². The number of amides is 1. The highest BCUT2D eigenvalue weighted by Crippen LogP contribution is 2.10. The molecular formula is C10H15ClN2O2S. The summed E-state index contributed by atoms with van der Waals surface area (Å²) in [5.41, 5.74) is 0.490. The summed E-state index contributed by atoms with van der Waals surface area (Å²) in [5, 5.41) is 2.66. The molecule has 0 spiro atoms. The molecule has 0 N–H and O–H groups in total. The lowest BCUT2D eigenvalue weighted by molar-refractivity contribution is 0.0702. The van der Waals surface area contributed by atoms with E-state index in [0.717, 1.165) is 5.01 Å². The van der Waals surface area contributed by atoms with Crippen LogP contribution >= 0.6 is 22.9 Å². The van der Waals surface area contributed by atoms with Gasteiger partial charge < -0.3 is 9.64 Å². The Morgan fingerprint density at radius 2 is 2.38 bits per heavy atom. The summed E-state index contributed by atoms with van der Waals surface area (Å²) in [7, 11) is 1.61. The lowest BCUT2D eigenvalue weighted by Crippen LogP contribution is -2.35. The first-order valence-corrected chi connectivity index (χ1v) is 6.36. The van der Waals surface area contributed by atoms with Gasteiger partial charge in [-0.3, -0.25) is 4.79 Å². The number of alkyl halides is 1. The second-order valence-corrected chi connectivity index (χ2v) is 4.67. The third-order valence-corrected chi connectivity index (χ3v) is 2.99. The molecule has 0 atom stereocenters. The van der Waals surface area contributed by atoms with E-state index in [9.17, 15) is 4.79 Å². The van der Waals surface area contributed by atoms with Crippen LogP contribution in [0.4, 0.5) is 0 Å². The van der Waals surface area contributed by atoms with E-state index in [1.807, 2.05) is 6.92 Å². The Hall–Kier alpha value is -0.650. The highest BCUT2D eigenvalue weighted by molar-refractivity contribution is 7.09. The van der Waals surface area contributed by atoms with Crippen molar-refractivity contribution >= 4 is 28.8 Å². The van der Waals surface area contributed by atoms with Crippen molar-refractivity contribution in [1.29, 1.82) is 0 Å². The van der Waals surface area contributed by atoms with Gasteiger partial charge in [-0.15, -0.1) is 22.9 Å². The fraction of sp³-hybridized carbons (Fsp3) is 0.600. The summed E-state index contributed by atoms with van der Waals surface area (Å²) in [6, 6.07) is 0. The van der Waals surface area contributed by atoms with Crippen molar-refractivity contribution in [2.45, 2.75) is 6.92 Å². The van der Waals surface area contributed by atoms with Gasteiger partial charge in [0, 0.05) is 31.5 Å². The average molecular weight is 263 g/mol. The van der Waals surface area contributed by atoms with Gasteiger partial charge >= 0.3 is 0 Å². The Bertz CT molecular complexity index is 343. The molecule has 0 saturated heterocycles. The molecule has 0 fully saturated rings. The van der Waals surface area contributed by atoms with Gasteiger partial charge in [0.05, 0.1) is 11.6 Å². The first kappa shape index (κ1) is 13.4. The van der Waals surface area contributed by atoms with Crippen molar-refractivity contribution in [2.75, 3.05) is 32.7 Å². The second kappa shape index (κ2) is 6.83. The first-order chi connectivity index (χ1) is 7.69. The predicted octanol–water partition coefficient (Wildman–Crippen LogP) is 1.78. The van der Waals surface area contributed by atoms with E-state index in [0.29, 0.717) is 31.3 Å². The summed E-state index contributed by atoms with van der Waals surface area (Å²) in [4.78, 5) is 17.8. The maximum Gasteiger partial charge on any atom is 0.273 e. The number of methoxy groups -OCH3 is 1. The van der Waals surface area contributed by atoms with E-state index >= 15 is 0 Å². The van der Waals surface area contributed by atoms with Gasteiger partial charge in [0.15, 0.2) is 0 Å². The second-order valence-electron chi connectivity index (χ2n) is 3.23. The molecule has 4 nitrogen and oxygen atoms in total. The molecule has 1 amide bonds. The van der Waals surface area contributed by atoms with Crippen molar-refractivity contribution in [3.8, 4) is 0 Å². The van der Waals surface area contributed by atoms with E-state index in [1.165, 1.54) is 11.3 Å². The fourth-order valence-electron chi connectivity index (χ4n) is 1.24. The lowest BCUT2D eigenvalue weighted by Gasteiger charge is -2.20. The molecule has 0 saturated carbocycles. The molecule has 6 heteroatoms. The predicted molar refractivity (Wildman–Crippen MR) is 65.4 cm³/mol. The van der Waals surface area contributed by atoms with Crippen LogP contribution in [0.5, 0.6) is 0 Å². The largest absolute Gasteiger partial charge is 0.383 e.